The first-order valence-electron chi connectivity index (χ1n) is 6.76. The van der Waals surface area contributed by atoms with Gasteiger partial charge in [-0.05, 0) is 46.8 Å². The third kappa shape index (κ3) is 3.12. The average molecular weight is 338 g/mol. The molecule has 0 amide bonds. The lowest BCUT2D eigenvalue weighted by molar-refractivity contribution is 0.512. The highest BCUT2D eigenvalue weighted by Gasteiger charge is 2.23. The van der Waals surface area contributed by atoms with Crippen LogP contribution in [0.3, 0.4) is 0 Å². The molecular formula is C14H16BrN3O2. The van der Waals surface area contributed by atoms with Gasteiger partial charge in [-0.25, -0.2) is 4.68 Å². The van der Waals surface area contributed by atoms with Crippen molar-refractivity contribution in [3.05, 3.63) is 45.2 Å². The Morgan fingerprint density at radius 1 is 1.50 bits per heavy atom. The molecule has 1 N–H and O–H groups in total. The van der Waals surface area contributed by atoms with E-state index in [0.717, 1.165) is 24.4 Å². The quantitative estimate of drug-likeness (QED) is 0.880. The van der Waals surface area contributed by atoms with Gasteiger partial charge in [0.15, 0.2) is 0 Å². The third-order valence-electron chi connectivity index (χ3n) is 3.38. The van der Waals surface area contributed by atoms with Crippen LogP contribution >= 0.6 is 15.9 Å². The van der Waals surface area contributed by atoms with Crippen LogP contribution in [0.5, 0.6) is 0 Å². The van der Waals surface area contributed by atoms with Gasteiger partial charge < -0.3 is 9.73 Å². The van der Waals surface area contributed by atoms with Crippen LogP contribution in [0.15, 0.2) is 38.3 Å². The molecule has 0 radical (unpaired) electrons. The van der Waals surface area contributed by atoms with Crippen molar-refractivity contribution in [2.24, 2.45) is 5.92 Å². The van der Waals surface area contributed by atoms with Gasteiger partial charge in [0, 0.05) is 19.5 Å². The first-order chi connectivity index (χ1) is 9.74. The largest absolute Gasteiger partial charge is 0.469 e. The van der Waals surface area contributed by atoms with Crippen molar-refractivity contribution in [1.29, 1.82) is 0 Å². The molecule has 20 heavy (non-hydrogen) atoms. The topological polar surface area (TPSA) is 60.1 Å². The fourth-order valence-electron chi connectivity index (χ4n) is 2.04. The second-order valence-corrected chi connectivity index (χ2v) is 5.85. The number of furan rings is 1. The Hall–Kier alpha value is -1.56. The highest BCUT2D eigenvalue weighted by atomic mass is 79.9. The first kappa shape index (κ1) is 13.4. The van der Waals surface area contributed by atoms with E-state index in [1.54, 1.807) is 17.1 Å². The number of nitrogens with one attached hydrogen (secondary N) is 1. The van der Waals surface area contributed by atoms with Crippen molar-refractivity contribution in [1.82, 2.24) is 9.78 Å². The Kier molecular flexibility index (Phi) is 3.91. The Balaban J connectivity index is 1.64. The zero-order valence-electron chi connectivity index (χ0n) is 11.0. The van der Waals surface area contributed by atoms with Gasteiger partial charge in [-0.3, -0.25) is 4.79 Å². The van der Waals surface area contributed by atoms with E-state index < -0.39 is 0 Å². The highest BCUT2D eigenvalue weighted by molar-refractivity contribution is 9.10. The Morgan fingerprint density at radius 3 is 3.05 bits per heavy atom. The van der Waals surface area contributed by atoms with E-state index in [-0.39, 0.29) is 5.56 Å². The maximum Gasteiger partial charge on any atom is 0.283 e. The molecule has 2 aromatic rings. The SMILES string of the molecule is O=c1c(Br)c(NCCc2ccco2)cnn1CC1CC1. The van der Waals surface area contributed by atoms with Crippen molar-refractivity contribution in [2.75, 3.05) is 11.9 Å². The van der Waals surface area contributed by atoms with Crippen LogP contribution in [0, 0.1) is 5.92 Å². The predicted octanol–water partition coefficient (Wildman–Crippen LogP) is 2.66. The summed E-state index contributed by atoms with van der Waals surface area (Å²) in [6.45, 7) is 1.42. The lowest BCUT2D eigenvalue weighted by Gasteiger charge is -2.09. The van der Waals surface area contributed by atoms with Gasteiger partial charge in [0.25, 0.3) is 5.56 Å². The van der Waals surface area contributed by atoms with Crippen LogP contribution in [-0.4, -0.2) is 16.3 Å². The van der Waals surface area contributed by atoms with Crippen LogP contribution in [-0.2, 0) is 13.0 Å². The van der Waals surface area contributed by atoms with Gasteiger partial charge in [0.05, 0.1) is 18.1 Å². The molecule has 0 saturated heterocycles. The summed E-state index contributed by atoms with van der Waals surface area (Å²) in [5.74, 6) is 1.55. The molecule has 2 heterocycles. The molecule has 106 valence electrons. The van der Waals surface area contributed by atoms with Crippen LogP contribution < -0.4 is 10.9 Å². The summed E-state index contributed by atoms with van der Waals surface area (Å²) >= 11 is 3.36. The Morgan fingerprint density at radius 2 is 2.35 bits per heavy atom. The molecule has 1 aliphatic carbocycles. The molecule has 0 aromatic carbocycles. The zero-order chi connectivity index (χ0) is 13.9. The molecule has 3 rings (SSSR count). The predicted molar refractivity (Wildman–Crippen MR) is 79.8 cm³/mol. The first-order valence-corrected chi connectivity index (χ1v) is 7.55. The van der Waals surface area contributed by atoms with Crippen molar-refractivity contribution in [3.63, 3.8) is 0 Å². The molecule has 0 atom stereocenters. The second kappa shape index (κ2) is 5.83. The fourth-order valence-corrected chi connectivity index (χ4v) is 2.49. The van der Waals surface area contributed by atoms with Gasteiger partial charge >= 0.3 is 0 Å². The molecule has 0 unspecified atom stereocenters. The van der Waals surface area contributed by atoms with E-state index in [2.05, 4.69) is 26.3 Å². The minimum Gasteiger partial charge on any atom is -0.469 e. The summed E-state index contributed by atoms with van der Waals surface area (Å²) < 4.78 is 7.35. The summed E-state index contributed by atoms with van der Waals surface area (Å²) in [7, 11) is 0. The van der Waals surface area contributed by atoms with Crippen molar-refractivity contribution in [3.8, 4) is 0 Å². The maximum atomic E-state index is 12.1. The fraction of sp³-hybridized carbons (Fsp3) is 0.429. The molecule has 2 aromatic heterocycles. The standard InChI is InChI=1S/C14H16BrN3O2/c15-13-12(16-6-5-11-2-1-7-20-11)8-17-18(14(13)19)9-10-3-4-10/h1-2,7-8,10,16H,3-6,9H2. The smallest absolute Gasteiger partial charge is 0.283 e. The summed E-state index contributed by atoms with van der Waals surface area (Å²) in [5, 5.41) is 7.43. The number of halogens is 1. The molecule has 0 bridgehead atoms. The van der Waals surface area contributed by atoms with Crippen LogP contribution in [0.25, 0.3) is 0 Å². The molecule has 6 heteroatoms. The summed E-state index contributed by atoms with van der Waals surface area (Å²) in [4.78, 5) is 12.1. The minimum absolute atomic E-state index is 0.0695. The van der Waals surface area contributed by atoms with E-state index in [9.17, 15) is 4.79 Å². The normalized spacial score (nSPS) is 14.4. The van der Waals surface area contributed by atoms with Crippen molar-refractivity contribution < 1.29 is 4.42 Å². The number of hydrogen-bond donors (Lipinski definition) is 1. The molecule has 1 aliphatic rings. The lowest BCUT2D eigenvalue weighted by Crippen LogP contribution is -2.25. The highest BCUT2D eigenvalue weighted by Crippen LogP contribution is 2.30. The van der Waals surface area contributed by atoms with Gasteiger partial charge in [-0.1, -0.05) is 0 Å². The Labute approximate surface area is 125 Å². The second-order valence-electron chi connectivity index (χ2n) is 5.06. The molecule has 0 spiro atoms. The minimum atomic E-state index is -0.0695. The Bertz CT molecular complexity index is 632. The monoisotopic (exact) mass is 337 g/mol. The molecule has 5 nitrogen and oxygen atoms in total. The number of nitrogens with zero attached hydrogens (tertiary/aromatic N) is 2. The average Bonchev–Trinajstić information content (AvgIpc) is 3.11. The van der Waals surface area contributed by atoms with Crippen LogP contribution in [0.4, 0.5) is 5.69 Å². The van der Waals surface area contributed by atoms with E-state index in [1.165, 1.54) is 12.8 Å². The van der Waals surface area contributed by atoms with Crippen molar-refractivity contribution in [2.45, 2.75) is 25.8 Å². The lowest BCUT2D eigenvalue weighted by atomic mass is 10.3. The number of rotatable bonds is 6. The summed E-state index contributed by atoms with van der Waals surface area (Å²) in [5.41, 5.74) is 0.661. The molecule has 0 aliphatic heterocycles. The van der Waals surface area contributed by atoms with Gasteiger partial charge in [0.2, 0.25) is 0 Å². The van der Waals surface area contributed by atoms with Gasteiger partial charge in [-0.15, -0.1) is 0 Å². The molecule has 1 fully saturated rings. The molecule has 1 saturated carbocycles. The number of hydrogen-bond acceptors (Lipinski definition) is 4. The summed E-state index contributed by atoms with van der Waals surface area (Å²) in [6.07, 6.45) is 6.54. The molecular weight excluding hydrogens is 322 g/mol. The zero-order valence-corrected chi connectivity index (χ0v) is 12.6. The van der Waals surface area contributed by atoms with Crippen molar-refractivity contribution >= 4 is 21.6 Å². The van der Waals surface area contributed by atoms with Crippen LogP contribution in [0.1, 0.15) is 18.6 Å². The maximum absolute atomic E-state index is 12.1. The van der Waals surface area contributed by atoms with E-state index in [4.69, 9.17) is 4.42 Å². The number of anilines is 1. The van der Waals surface area contributed by atoms with Crippen LogP contribution in [0.2, 0.25) is 0 Å². The van der Waals surface area contributed by atoms with Gasteiger partial charge in [0.1, 0.15) is 10.2 Å². The number of aromatic nitrogens is 2. The van der Waals surface area contributed by atoms with E-state index >= 15 is 0 Å². The van der Waals surface area contributed by atoms with E-state index in [1.807, 2.05) is 12.1 Å². The van der Waals surface area contributed by atoms with Gasteiger partial charge in [-0.2, -0.15) is 5.10 Å². The van der Waals surface area contributed by atoms with E-state index in [0.29, 0.717) is 16.9 Å². The summed E-state index contributed by atoms with van der Waals surface area (Å²) in [6, 6.07) is 3.80. The third-order valence-corrected chi connectivity index (χ3v) is 4.15.